The first-order valence-corrected chi connectivity index (χ1v) is 8.64. The molecule has 0 spiro atoms. The number of hydrogen-bond donors (Lipinski definition) is 1. The van der Waals surface area contributed by atoms with Crippen molar-refractivity contribution in [3.8, 4) is 11.3 Å². The van der Waals surface area contributed by atoms with Crippen LogP contribution in [0.25, 0.3) is 16.9 Å². The van der Waals surface area contributed by atoms with Gasteiger partial charge in [0.25, 0.3) is 0 Å². The van der Waals surface area contributed by atoms with Crippen molar-refractivity contribution in [2.45, 2.75) is 26.3 Å². The van der Waals surface area contributed by atoms with E-state index >= 15 is 0 Å². The van der Waals surface area contributed by atoms with Gasteiger partial charge in [0.2, 0.25) is 5.95 Å². The van der Waals surface area contributed by atoms with E-state index < -0.39 is 5.95 Å². The van der Waals surface area contributed by atoms with Gasteiger partial charge in [0, 0.05) is 43.5 Å². The van der Waals surface area contributed by atoms with E-state index in [1.165, 1.54) is 12.3 Å². The van der Waals surface area contributed by atoms with Crippen molar-refractivity contribution in [3.63, 3.8) is 0 Å². The molecule has 3 aromatic rings. The number of nitrogens with zero attached hydrogens (tertiary/aromatic N) is 5. The fourth-order valence-electron chi connectivity index (χ4n) is 3.36. The molecule has 3 aromatic heterocycles. The molecular weight excluding hydrogens is 319 g/mol. The molecule has 25 heavy (non-hydrogen) atoms. The quantitative estimate of drug-likeness (QED) is 0.742. The third-order valence-electron chi connectivity index (χ3n) is 4.56. The second-order valence-electron chi connectivity index (χ2n) is 6.39. The van der Waals surface area contributed by atoms with Crippen LogP contribution in [-0.2, 0) is 6.42 Å². The summed E-state index contributed by atoms with van der Waals surface area (Å²) < 4.78 is 15.5. The number of pyridine rings is 1. The van der Waals surface area contributed by atoms with E-state index in [0.717, 1.165) is 54.5 Å². The minimum atomic E-state index is -0.499. The topological polar surface area (TPSA) is 58.4 Å². The van der Waals surface area contributed by atoms with Crippen molar-refractivity contribution < 1.29 is 4.39 Å². The number of nitrogens with one attached hydrogen (secondary N) is 1. The monoisotopic (exact) mass is 340 g/mol. The first-order chi connectivity index (χ1) is 12.2. The number of piperazine rings is 1. The second kappa shape index (κ2) is 6.40. The molecule has 1 saturated heterocycles. The summed E-state index contributed by atoms with van der Waals surface area (Å²) in [6.07, 6.45) is 2.23. The van der Waals surface area contributed by atoms with E-state index in [1.54, 1.807) is 6.07 Å². The minimum Gasteiger partial charge on any atom is -0.352 e. The number of aryl methyl sites for hydroxylation is 1. The van der Waals surface area contributed by atoms with Crippen LogP contribution >= 0.6 is 0 Å². The average molecular weight is 340 g/mol. The number of imidazole rings is 1. The predicted molar refractivity (Wildman–Crippen MR) is 95.2 cm³/mol. The third kappa shape index (κ3) is 2.95. The lowest BCUT2D eigenvalue weighted by Crippen LogP contribution is -2.49. The molecule has 1 fully saturated rings. The van der Waals surface area contributed by atoms with Gasteiger partial charge in [-0.3, -0.25) is 0 Å². The second-order valence-corrected chi connectivity index (χ2v) is 6.39. The molecule has 4 heterocycles. The highest BCUT2D eigenvalue weighted by atomic mass is 19.1. The molecule has 1 aliphatic rings. The number of aromatic nitrogens is 4. The zero-order chi connectivity index (χ0) is 17.4. The highest BCUT2D eigenvalue weighted by Gasteiger charge is 2.20. The fraction of sp³-hybridized carbons (Fsp3) is 0.389. The molecule has 6 nitrogen and oxygen atoms in total. The normalized spacial score (nSPS) is 18.0. The number of fused-ring (bicyclic) bond motifs is 1. The van der Waals surface area contributed by atoms with Crippen molar-refractivity contribution in [2.24, 2.45) is 0 Å². The lowest BCUT2D eigenvalue weighted by atomic mass is 10.1. The lowest BCUT2D eigenvalue weighted by Gasteiger charge is -2.32. The summed E-state index contributed by atoms with van der Waals surface area (Å²) in [5.74, 6) is 0.415. The Balaban J connectivity index is 1.84. The zero-order valence-corrected chi connectivity index (χ0v) is 14.4. The van der Waals surface area contributed by atoms with Crippen LogP contribution in [0.1, 0.15) is 19.5 Å². The Morgan fingerprint density at radius 1 is 1.32 bits per heavy atom. The molecule has 0 amide bonds. The maximum absolute atomic E-state index is 13.6. The first kappa shape index (κ1) is 16.0. The van der Waals surface area contributed by atoms with Gasteiger partial charge in [0.05, 0.1) is 11.4 Å². The predicted octanol–water partition coefficient (Wildman–Crippen LogP) is 2.29. The first-order valence-electron chi connectivity index (χ1n) is 8.64. The molecule has 4 rings (SSSR count). The van der Waals surface area contributed by atoms with Crippen molar-refractivity contribution in [1.29, 1.82) is 0 Å². The van der Waals surface area contributed by atoms with Crippen molar-refractivity contribution >= 4 is 11.5 Å². The lowest BCUT2D eigenvalue weighted by molar-refractivity contribution is 0.481. The largest absolute Gasteiger partial charge is 0.352 e. The van der Waals surface area contributed by atoms with E-state index in [1.807, 2.05) is 23.6 Å². The molecule has 0 radical (unpaired) electrons. The summed E-state index contributed by atoms with van der Waals surface area (Å²) in [5, 5.41) is 8.26. The van der Waals surface area contributed by atoms with Gasteiger partial charge in [-0.2, -0.15) is 4.39 Å². The Labute approximate surface area is 145 Å². The van der Waals surface area contributed by atoms with Gasteiger partial charge in [-0.25, -0.2) is 14.5 Å². The number of anilines is 1. The number of hydrogen-bond acceptors (Lipinski definition) is 5. The van der Waals surface area contributed by atoms with Gasteiger partial charge in [-0.15, -0.1) is 5.10 Å². The van der Waals surface area contributed by atoms with E-state index in [2.05, 4.69) is 27.1 Å². The van der Waals surface area contributed by atoms with Crippen LogP contribution in [0.2, 0.25) is 0 Å². The molecule has 0 aromatic carbocycles. The van der Waals surface area contributed by atoms with Crippen LogP contribution < -0.4 is 10.2 Å². The molecule has 0 bridgehead atoms. The SMILES string of the molecule is CCc1nc2ccc(N3CCN[C@H](C)C3)nn2c1-c1ccnc(F)c1. The standard InChI is InChI=1S/C18H21FN6/c1-3-14-18(13-6-7-21-15(19)10-13)25-16(22-14)4-5-17(23-25)24-9-8-20-12(2)11-24/h4-7,10,12,20H,3,8-9,11H2,1-2H3/t12-/m1/s1. The molecule has 1 N–H and O–H groups in total. The Morgan fingerprint density at radius 3 is 2.96 bits per heavy atom. The van der Waals surface area contributed by atoms with Crippen molar-refractivity contribution in [1.82, 2.24) is 24.9 Å². The van der Waals surface area contributed by atoms with Gasteiger partial charge in [0.1, 0.15) is 5.82 Å². The molecule has 0 saturated carbocycles. The Kier molecular flexibility index (Phi) is 4.09. The third-order valence-corrected chi connectivity index (χ3v) is 4.56. The Bertz CT molecular complexity index is 906. The van der Waals surface area contributed by atoms with Crippen LogP contribution in [0.3, 0.4) is 0 Å². The van der Waals surface area contributed by atoms with Gasteiger partial charge in [0.15, 0.2) is 5.65 Å². The van der Waals surface area contributed by atoms with E-state index in [0.29, 0.717) is 6.04 Å². The van der Waals surface area contributed by atoms with Crippen LogP contribution in [0.15, 0.2) is 30.5 Å². The van der Waals surface area contributed by atoms with E-state index in [9.17, 15) is 4.39 Å². The smallest absolute Gasteiger partial charge is 0.213 e. The summed E-state index contributed by atoms with van der Waals surface area (Å²) in [6, 6.07) is 7.65. The molecule has 0 unspecified atom stereocenters. The molecule has 7 heteroatoms. The summed E-state index contributed by atoms with van der Waals surface area (Å²) >= 11 is 0. The van der Waals surface area contributed by atoms with Gasteiger partial charge >= 0.3 is 0 Å². The van der Waals surface area contributed by atoms with Gasteiger partial charge < -0.3 is 10.2 Å². The van der Waals surface area contributed by atoms with Gasteiger partial charge in [-0.05, 0) is 31.5 Å². The molecule has 130 valence electrons. The summed E-state index contributed by atoms with van der Waals surface area (Å²) in [5.41, 5.74) is 3.26. The maximum atomic E-state index is 13.6. The fourth-order valence-corrected chi connectivity index (χ4v) is 3.36. The summed E-state index contributed by atoms with van der Waals surface area (Å²) in [4.78, 5) is 10.6. The Morgan fingerprint density at radius 2 is 2.20 bits per heavy atom. The Hall–Kier alpha value is -2.54. The molecular formula is C18H21FN6. The summed E-state index contributed by atoms with van der Waals surface area (Å²) in [6.45, 7) is 6.97. The van der Waals surface area contributed by atoms with Crippen LogP contribution in [-0.4, -0.2) is 45.3 Å². The van der Waals surface area contributed by atoms with Crippen molar-refractivity contribution in [2.75, 3.05) is 24.5 Å². The average Bonchev–Trinajstić information content (AvgIpc) is 2.99. The van der Waals surface area contributed by atoms with Crippen LogP contribution in [0.5, 0.6) is 0 Å². The molecule has 1 aliphatic heterocycles. The minimum absolute atomic E-state index is 0.425. The maximum Gasteiger partial charge on any atom is 0.213 e. The highest BCUT2D eigenvalue weighted by Crippen LogP contribution is 2.26. The number of halogens is 1. The van der Waals surface area contributed by atoms with Gasteiger partial charge in [-0.1, -0.05) is 6.92 Å². The van der Waals surface area contributed by atoms with Crippen LogP contribution in [0, 0.1) is 5.95 Å². The molecule has 0 aliphatic carbocycles. The molecule has 1 atom stereocenters. The summed E-state index contributed by atoms with van der Waals surface area (Å²) in [7, 11) is 0. The van der Waals surface area contributed by atoms with E-state index in [-0.39, 0.29) is 0 Å². The number of rotatable bonds is 3. The highest BCUT2D eigenvalue weighted by molar-refractivity contribution is 5.67. The zero-order valence-electron chi connectivity index (χ0n) is 14.4. The van der Waals surface area contributed by atoms with Crippen LogP contribution in [0.4, 0.5) is 10.2 Å². The van der Waals surface area contributed by atoms with E-state index in [4.69, 9.17) is 5.10 Å². The van der Waals surface area contributed by atoms with Crippen molar-refractivity contribution in [3.05, 3.63) is 42.1 Å².